The zero-order valence-corrected chi connectivity index (χ0v) is 10.4. The Balaban J connectivity index is 2.83. The lowest BCUT2D eigenvalue weighted by Crippen LogP contribution is -2.13. The van der Waals surface area contributed by atoms with E-state index in [1.54, 1.807) is 0 Å². The molecular formula is C13H10N2O5. The summed E-state index contributed by atoms with van der Waals surface area (Å²) in [6.45, 7) is 1.24. The third kappa shape index (κ3) is 2.56. The normalized spacial score (nSPS) is 10.2. The fraction of sp³-hybridized carbons (Fsp3) is 0.0769. The summed E-state index contributed by atoms with van der Waals surface area (Å²) in [5, 5.41) is 11.3. The molecule has 7 nitrogen and oxygen atoms in total. The molecule has 0 aliphatic carbocycles. The minimum Gasteiger partial charge on any atom is -0.477 e. The van der Waals surface area contributed by atoms with E-state index in [0.29, 0.717) is 0 Å². The Kier molecular flexibility index (Phi) is 3.34. The Bertz CT molecular complexity index is 838. The van der Waals surface area contributed by atoms with E-state index in [1.165, 1.54) is 19.1 Å². The highest BCUT2D eigenvalue weighted by Gasteiger charge is 2.09. The molecule has 2 rings (SSSR count). The standard InChI is InChI=1S/C13H10N2O5/c1-6(16)14-9-4-7-8(2-3-11(9)17)15-10(13(19)20)5-12(7)18/h2-5H,1H3,(H,15,18)(H,19,20)(H,14,16,17). The van der Waals surface area contributed by atoms with Crippen LogP contribution in [-0.4, -0.2) is 22.0 Å². The number of hydrogen-bond acceptors (Lipinski definition) is 4. The smallest absolute Gasteiger partial charge is 0.352 e. The number of H-pyrrole nitrogens is 1. The number of fused-ring (bicyclic) bond motifs is 1. The van der Waals surface area contributed by atoms with E-state index < -0.39 is 22.7 Å². The van der Waals surface area contributed by atoms with E-state index in [-0.39, 0.29) is 22.3 Å². The maximum Gasteiger partial charge on any atom is 0.352 e. The fourth-order valence-corrected chi connectivity index (χ4v) is 1.74. The summed E-state index contributed by atoms with van der Waals surface area (Å²) < 4.78 is 0. The number of carboxylic acid groups (broad SMARTS) is 1. The lowest BCUT2D eigenvalue weighted by atomic mass is 10.2. The molecule has 0 atom stereocenters. The van der Waals surface area contributed by atoms with Crippen LogP contribution in [0.2, 0.25) is 0 Å². The lowest BCUT2D eigenvalue weighted by molar-refractivity contribution is -0.114. The molecule has 0 saturated carbocycles. The summed E-state index contributed by atoms with van der Waals surface area (Å²) in [7, 11) is 0. The van der Waals surface area contributed by atoms with Crippen molar-refractivity contribution in [2.75, 3.05) is 5.32 Å². The number of carbonyl (C=O) groups is 2. The summed E-state index contributed by atoms with van der Waals surface area (Å²) >= 11 is 0. The van der Waals surface area contributed by atoms with E-state index in [2.05, 4.69) is 10.3 Å². The van der Waals surface area contributed by atoms with Crippen LogP contribution in [0.25, 0.3) is 10.9 Å². The highest BCUT2D eigenvalue weighted by molar-refractivity contribution is 5.93. The molecule has 1 aromatic heterocycles. The summed E-state index contributed by atoms with van der Waals surface area (Å²) in [6, 6.07) is 4.60. The van der Waals surface area contributed by atoms with Gasteiger partial charge in [-0.1, -0.05) is 0 Å². The molecule has 0 radical (unpaired) electrons. The van der Waals surface area contributed by atoms with E-state index >= 15 is 0 Å². The first-order chi connectivity index (χ1) is 9.38. The average Bonchev–Trinajstić information content (AvgIpc) is 2.50. The molecule has 0 bridgehead atoms. The molecule has 0 unspecified atom stereocenters. The third-order valence-electron chi connectivity index (χ3n) is 2.60. The number of anilines is 1. The first-order valence-corrected chi connectivity index (χ1v) is 5.61. The number of rotatable bonds is 2. The zero-order chi connectivity index (χ0) is 14.9. The summed E-state index contributed by atoms with van der Waals surface area (Å²) in [6.07, 6.45) is 0. The summed E-state index contributed by atoms with van der Waals surface area (Å²) in [5.41, 5.74) is -1.16. The molecule has 1 amide bonds. The van der Waals surface area contributed by atoms with Crippen molar-refractivity contribution in [3.8, 4) is 0 Å². The monoisotopic (exact) mass is 274 g/mol. The molecule has 7 heteroatoms. The van der Waals surface area contributed by atoms with Crippen LogP contribution in [0.15, 0.2) is 33.9 Å². The van der Waals surface area contributed by atoms with Crippen LogP contribution < -0.4 is 16.2 Å². The molecule has 0 aliphatic heterocycles. The summed E-state index contributed by atoms with van der Waals surface area (Å²) in [4.78, 5) is 48.1. The van der Waals surface area contributed by atoms with Gasteiger partial charge in [0, 0.05) is 18.4 Å². The van der Waals surface area contributed by atoms with Crippen LogP contribution in [0.3, 0.4) is 0 Å². The van der Waals surface area contributed by atoms with E-state index in [1.807, 2.05) is 0 Å². The van der Waals surface area contributed by atoms with Gasteiger partial charge in [0.2, 0.25) is 11.3 Å². The molecule has 0 spiro atoms. The van der Waals surface area contributed by atoms with E-state index in [0.717, 1.165) is 12.1 Å². The van der Waals surface area contributed by atoms with Crippen molar-refractivity contribution < 1.29 is 14.7 Å². The number of aromatic amines is 1. The van der Waals surface area contributed by atoms with Crippen LogP contribution >= 0.6 is 0 Å². The Morgan fingerprint density at radius 3 is 2.45 bits per heavy atom. The average molecular weight is 274 g/mol. The quantitative estimate of drug-likeness (QED) is 0.739. The van der Waals surface area contributed by atoms with Crippen LogP contribution in [0.4, 0.5) is 5.69 Å². The molecule has 1 aromatic carbocycles. The van der Waals surface area contributed by atoms with Gasteiger partial charge in [0.15, 0.2) is 5.43 Å². The zero-order valence-electron chi connectivity index (χ0n) is 10.4. The Hall–Kier alpha value is -2.96. The number of aromatic nitrogens is 1. The Morgan fingerprint density at radius 2 is 1.85 bits per heavy atom. The van der Waals surface area contributed by atoms with E-state index in [9.17, 15) is 19.2 Å². The third-order valence-corrected chi connectivity index (χ3v) is 2.60. The number of carbonyl (C=O) groups excluding carboxylic acids is 1. The second-order valence-electron chi connectivity index (χ2n) is 4.12. The number of nitrogens with one attached hydrogen (secondary N) is 2. The van der Waals surface area contributed by atoms with Crippen molar-refractivity contribution in [1.29, 1.82) is 0 Å². The van der Waals surface area contributed by atoms with Crippen LogP contribution in [0.5, 0.6) is 0 Å². The second-order valence-corrected chi connectivity index (χ2v) is 4.12. The van der Waals surface area contributed by atoms with Gasteiger partial charge >= 0.3 is 5.97 Å². The van der Waals surface area contributed by atoms with E-state index in [4.69, 9.17) is 5.11 Å². The maximum absolute atomic E-state index is 11.9. The molecule has 102 valence electrons. The van der Waals surface area contributed by atoms with Gasteiger partial charge in [-0.3, -0.25) is 14.4 Å². The van der Waals surface area contributed by atoms with Crippen LogP contribution in [0, 0.1) is 0 Å². The largest absolute Gasteiger partial charge is 0.477 e. The van der Waals surface area contributed by atoms with Gasteiger partial charge in [-0.15, -0.1) is 0 Å². The van der Waals surface area contributed by atoms with Crippen molar-refractivity contribution in [3.63, 3.8) is 0 Å². The van der Waals surface area contributed by atoms with Crippen molar-refractivity contribution in [3.05, 3.63) is 50.4 Å². The number of carboxylic acids is 1. The van der Waals surface area contributed by atoms with Gasteiger partial charge in [0.1, 0.15) is 5.69 Å². The van der Waals surface area contributed by atoms with Crippen LogP contribution in [-0.2, 0) is 4.79 Å². The number of pyridine rings is 1. The lowest BCUT2D eigenvalue weighted by Gasteiger charge is -1.99. The molecule has 20 heavy (non-hydrogen) atoms. The van der Waals surface area contributed by atoms with Crippen LogP contribution in [0.1, 0.15) is 17.4 Å². The Morgan fingerprint density at radius 1 is 1.15 bits per heavy atom. The minimum atomic E-state index is -1.28. The van der Waals surface area contributed by atoms with Gasteiger partial charge < -0.3 is 15.4 Å². The molecule has 2 aromatic rings. The molecule has 1 heterocycles. The first-order valence-electron chi connectivity index (χ1n) is 5.61. The predicted molar refractivity (Wildman–Crippen MR) is 72.1 cm³/mol. The topological polar surface area (TPSA) is 116 Å². The molecule has 0 saturated heterocycles. The predicted octanol–water partition coefficient (Wildman–Crippen LogP) is 0.545. The van der Waals surface area contributed by atoms with Crippen molar-refractivity contribution >= 4 is 28.5 Å². The SMILES string of the molecule is CC(=O)Nc1cc2c(=O)cc(C(=O)O)[nH]c2ccc1=O. The molecular weight excluding hydrogens is 264 g/mol. The Labute approximate surface area is 111 Å². The highest BCUT2D eigenvalue weighted by Crippen LogP contribution is 2.10. The minimum absolute atomic E-state index is 0.0407. The first kappa shape index (κ1) is 13.5. The van der Waals surface area contributed by atoms with Gasteiger partial charge in [-0.2, -0.15) is 0 Å². The van der Waals surface area contributed by atoms with Crippen molar-refractivity contribution in [2.24, 2.45) is 0 Å². The van der Waals surface area contributed by atoms with Gasteiger partial charge in [-0.25, -0.2) is 4.79 Å². The van der Waals surface area contributed by atoms with Crippen molar-refractivity contribution in [1.82, 2.24) is 4.98 Å². The summed E-state index contributed by atoms with van der Waals surface area (Å²) in [5.74, 6) is -1.72. The van der Waals surface area contributed by atoms with Gasteiger partial charge in [0.05, 0.1) is 11.2 Å². The molecule has 3 N–H and O–H groups in total. The van der Waals surface area contributed by atoms with Gasteiger partial charge in [0.25, 0.3) is 0 Å². The fourth-order valence-electron chi connectivity index (χ4n) is 1.74. The van der Waals surface area contributed by atoms with Crippen molar-refractivity contribution in [2.45, 2.75) is 6.92 Å². The number of amides is 1. The highest BCUT2D eigenvalue weighted by atomic mass is 16.4. The second kappa shape index (κ2) is 4.96. The molecule has 0 fully saturated rings. The number of aromatic carboxylic acids is 1. The maximum atomic E-state index is 11.9. The van der Waals surface area contributed by atoms with Gasteiger partial charge in [-0.05, 0) is 18.2 Å². The molecule has 0 aliphatic rings. The number of hydrogen-bond donors (Lipinski definition) is 3.